The van der Waals surface area contributed by atoms with Gasteiger partial charge in [0, 0.05) is 12.8 Å². The number of carbonyl (C=O) groups is 2. The topological polar surface area (TPSA) is 71.0 Å². The number of rotatable bonds is 1. The lowest BCUT2D eigenvalue weighted by Gasteiger charge is -2.32. The summed E-state index contributed by atoms with van der Waals surface area (Å²) in [6.45, 7) is 4.91. The van der Waals surface area contributed by atoms with Crippen molar-refractivity contribution in [3.8, 4) is 5.75 Å². The number of benzene rings is 1. The number of nitrogens with one attached hydrogen (secondary N) is 1. The monoisotopic (exact) mass is 287 g/mol. The summed E-state index contributed by atoms with van der Waals surface area (Å²) in [5, 5.41) is 3.89. The molecular weight excluding hydrogens is 270 g/mol. The number of carbonyl (C=O) groups excluding carboxylic acids is 2. The average molecular weight is 287 g/mol. The minimum absolute atomic E-state index is 0.152. The molecule has 1 aromatic carbocycles. The third kappa shape index (κ3) is 2.49. The molecule has 1 aromatic rings. The molecule has 0 fully saturated rings. The molecular formula is C15H17N3O3. The molecule has 0 saturated carbocycles. The highest BCUT2D eigenvalue weighted by Crippen LogP contribution is 2.36. The van der Waals surface area contributed by atoms with Crippen LogP contribution in [0, 0.1) is 13.8 Å². The second-order valence-corrected chi connectivity index (χ2v) is 5.33. The van der Waals surface area contributed by atoms with Crippen LogP contribution in [-0.4, -0.2) is 30.7 Å². The predicted molar refractivity (Wildman–Crippen MR) is 78.6 cm³/mol. The van der Waals surface area contributed by atoms with Gasteiger partial charge in [0.25, 0.3) is 5.91 Å². The van der Waals surface area contributed by atoms with Crippen molar-refractivity contribution in [2.45, 2.75) is 26.7 Å². The summed E-state index contributed by atoms with van der Waals surface area (Å²) in [4.78, 5) is 25.5. The van der Waals surface area contributed by atoms with E-state index >= 15 is 0 Å². The fraction of sp³-hybridized carbons (Fsp3) is 0.400. The van der Waals surface area contributed by atoms with Crippen molar-refractivity contribution >= 4 is 23.2 Å². The molecule has 0 saturated heterocycles. The van der Waals surface area contributed by atoms with Gasteiger partial charge in [-0.25, -0.2) is 5.43 Å². The van der Waals surface area contributed by atoms with Gasteiger partial charge in [-0.15, -0.1) is 0 Å². The van der Waals surface area contributed by atoms with Gasteiger partial charge in [0.05, 0.1) is 12.2 Å². The highest BCUT2D eigenvalue weighted by Gasteiger charge is 2.30. The molecule has 2 aliphatic rings. The summed E-state index contributed by atoms with van der Waals surface area (Å²) in [6.07, 6.45) is 0.677. The standard InChI is InChI=1S/C15H17N3O3/c1-9-7-10(2)14-12(8-9)21-6-5-18(14)15(20)11-3-4-13(19)17-16-11/h7-8H,3-6H2,1-2H3,(H,17,19). The molecule has 0 unspecified atom stereocenters. The molecule has 0 spiro atoms. The quantitative estimate of drug-likeness (QED) is 0.846. The maximum Gasteiger partial charge on any atom is 0.274 e. The Bertz CT molecular complexity index is 652. The normalized spacial score (nSPS) is 17.5. The Morgan fingerprint density at radius 3 is 2.86 bits per heavy atom. The minimum atomic E-state index is -0.161. The molecule has 1 N–H and O–H groups in total. The number of ether oxygens (including phenoxy) is 1. The number of hydrazone groups is 1. The predicted octanol–water partition coefficient (Wildman–Crippen LogP) is 1.29. The van der Waals surface area contributed by atoms with E-state index in [1.807, 2.05) is 26.0 Å². The highest BCUT2D eigenvalue weighted by molar-refractivity contribution is 6.44. The third-order valence-corrected chi connectivity index (χ3v) is 3.65. The van der Waals surface area contributed by atoms with Crippen LogP contribution < -0.4 is 15.1 Å². The van der Waals surface area contributed by atoms with Crippen LogP contribution in [0.3, 0.4) is 0 Å². The van der Waals surface area contributed by atoms with Crippen LogP contribution in [0.15, 0.2) is 17.2 Å². The number of amides is 2. The summed E-state index contributed by atoms with van der Waals surface area (Å²) in [7, 11) is 0. The molecule has 2 amide bonds. The molecule has 2 aliphatic heterocycles. The van der Waals surface area contributed by atoms with Crippen LogP contribution in [0.1, 0.15) is 24.0 Å². The van der Waals surface area contributed by atoms with Crippen LogP contribution in [0.4, 0.5) is 5.69 Å². The van der Waals surface area contributed by atoms with E-state index in [-0.39, 0.29) is 11.8 Å². The summed E-state index contributed by atoms with van der Waals surface area (Å²) >= 11 is 0. The number of anilines is 1. The number of aryl methyl sites for hydroxylation is 2. The van der Waals surface area contributed by atoms with Gasteiger partial charge in [0.2, 0.25) is 5.91 Å². The van der Waals surface area contributed by atoms with Crippen LogP contribution in [0.2, 0.25) is 0 Å². The highest BCUT2D eigenvalue weighted by atomic mass is 16.5. The molecule has 0 bridgehead atoms. The lowest BCUT2D eigenvalue weighted by atomic mass is 10.1. The fourth-order valence-corrected chi connectivity index (χ4v) is 2.72. The van der Waals surface area contributed by atoms with Crippen molar-refractivity contribution in [1.29, 1.82) is 0 Å². The first-order valence-corrected chi connectivity index (χ1v) is 6.97. The van der Waals surface area contributed by atoms with Gasteiger partial charge >= 0.3 is 0 Å². The molecule has 6 nitrogen and oxygen atoms in total. The zero-order valence-corrected chi connectivity index (χ0v) is 12.1. The zero-order valence-electron chi connectivity index (χ0n) is 12.1. The molecule has 2 heterocycles. The first-order chi connectivity index (χ1) is 10.1. The Morgan fingerprint density at radius 1 is 1.33 bits per heavy atom. The molecule has 21 heavy (non-hydrogen) atoms. The van der Waals surface area contributed by atoms with E-state index in [4.69, 9.17) is 4.74 Å². The summed E-state index contributed by atoms with van der Waals surface area (Å²) in [6, 6.07) is 3.96. The SMILES string of the molecule is Cc1cc(C)c2c(c1)OCCN2C(=O)C1=NNC(=O)CC1. The van der Waals surface area contributed by atoms with Gasteiger partial charge in [-0.05, 0) is 31.0 Å². The van der Waals surface area contributed by atoms with E-state index in [1.165, 1.54) is 0 Å². The van der Waals surface area contributed by atoms with E-state index in [1.54, 1.807) is 4.90 Å². The lowest BCUT2D eigenvalue weighted by molar-refractivity contribution is -0.121. The molecule has 0 radical (unpaired) electrons. The Balaban J connectivity index is 1.95. The van der Waals surface area contributed by atoms with Crippen LogP contribution >= 0.6 is 0 Å². The van der Waals surface area contributed by atoms with Gasteiger partial charge in [-0.3, -0.25) is 9.59 Å². The van der Waals surface area contributed by atoms with Crippen LogP contribution in [0.25, 0.3) is 0 Å². The van der Waals surface area contributed by atoms with Crippen molar-refractivity contribution in [1.82, 2.24) is 5.43 Å². The number of hydrogen-bond donors (Lipinski definition) is 1. The first-order valence-electron chi connectivity index (χ1n) is 6.97. The minimum Gasteiger partial charge on any atom is -0.490 e. The smallest absolute Gasteiger partial charge is 0.274 e. The number of fused-ring (bicyclic) bond motifs is 1. The summed E-state index contributed by atoms with van der Waals surface area (Å²) in [5.74, 6) is 0.416. The van der Waals surface area contributed by atoms with Crippen molar-refractivity contribution in [3.05, 3.63) is 23.3 Å². The Labute approximate surface area is 122 Å². The molecule has 6 heteroatoms. The van der Waals surface area contributed by atoms with E-state index in [2.05, 4.69) is 10.5 Å². The Morgan fingerprint density at radius 2 is 2.14 bits per heavy atom. The van der Waals surface area contributed by atoms with Crippen LogP contribution in [0.5, 0.6) is 5.75 Å². The summed E-state index contributed by atoms with van der Waals surface area (Å²) in [5.41, 5.74) is 5.66. The van der Waals surface area contributed by atoms with E-state index < -0.39 is 0 Å². The molecule has 0 aliphatic carbocycles. The van der Waals surface area contributed by atoms with Gasteiger partial charge in [-0.2, -0.15) is 5.10 Å². The molecule has 110 valence electrons. The maximum atomic E-state index is 12.6. The van der Waals surface area contributed by atoms with Crippen molar-refractivity contribution in [2.75, 3.05) is 18.1 Å². The Hall–Kier alpha value is -2.37. The van der Waals surface area contributed by atoms with Crippen molar-refractivity contribution < 1.29 is 14.3 Å². The second-order valence-electron chi connectivity index (χ2n) is 5.33. The zero-order chi connectivity index (χ0) is 15.0. The second kappa shape index (κ2) is 5.20. The van der Waals surface area contributed by atoms with Gasteiger partial charge in [0.1, 0.15) is 18.1 Å². The molecule has 0 atom stereocenters. The Kier molecular flexibility index (Phi) is 3.37. The number of nitrogens with zero attached hydrogens (tertiary/aromatic N) is 2. The van der Waals surface area contributed by atoms with Gasteiger partial charge in [0.15, 0.2) is 0 Å². The molecule has 0 aromatic heterocycles. The fourth-order valence-electron chi connectivity index (χ4n) is 2.72. The maximum absolute atomic E-state index is 12.6. The first kappa shape index (κ1) is 13.6. The average Bonchev–Trinajstić information content (AvgIpc) is 2.46. The number of hydrogen-bond acceptors (Lipinski definition) is 4. The van der Waals surface area contributed by atoms with Crippen LogP contribution in [-0.2, 0) is 9.59 Å². The van der Waals surface area contributed by atoms with Gasteiger partial charge < -0.3 is 9.64 Å². The van der Waals surface area contributed by atoms with E-state index in [0.29, 0.717) is 31.7 Å². The summed E-state index contributed by atoms with van der Waals surface area (Å²) < 4.78 is 5.67. The molecule has 3 rings (SSSR count). The lowest BCUT2D eigenvalue weighted by Crippen LogP contribution is -2.44. The van der Waals surface area contributed by atoms with E-state index in [9.17, 15) is 9.59 Å². The van der Waals surface area contributed by atoms with Crippen molar-refractivity contribution in [3.63, 3.8) is 0 Å². The van der Waals surface area contributed by atoms with E-state index in [0.717, 1.165) is 22.6 Å². The van der Waals surface area contributed by atoms with Crippen molar-refractivity contribution in [2.24, 2.45) is 5.10 Å². The third-order valence-electron chi connectivity index (χ3n) is 3.65. The largest absolute Gasteiger partial charge is 0.490 e. The van der Waals surface area contributed by atoms with Gasteiger partial charge in [-0.1, -0.05) is 6.07 Å².